The molecule has 5 N–H and O–H groups in total. The molecular weight excluding hydrogens is 366 g/mol. The maximum atomic E-state index is 11.1. The molecule has 0 aromatic heterocycles. The molecule has 0 saturated carbocycles. The lowest BCUT2D eigenvalue weighted by Gasteiger charge is -2.42. The lowest BCUT2D eigenvalue weighted by Crippen LogP contribution is -2.42. The molecule has 0 bridgehead atoms. The van der Waals surface area contributed by atoms with Crippen LogP contribution in [0.25, 0.3) is 0 Å². The molecule has 3 unspecified atom stereocenters. The highest BCUT2D eigenvalue weighted by atomic mass is 32.2. The van der Waals surface area contributed by atoms with Crippen LogP contribution in [0.3, 0.4) is 0 Å². The van der Waals surface area contributed by atoms with E-state index in [0.717, 1.165) is 5.69 Å². The summed E-state index contributed by atoms with van der Waals surface area (Å²) in [7, 11) is -11.5. The first-order valence-electron chi connectivity index (χ1n) is 6.39. The molecule has 1 aromatic rings. The van der Waals surface area contributed by atoms with Gasteiger partial charge >= 0.3 is 0 Å². The van der Waals surface area contributed by atoms with Crippen molar-refractivity contribution in [2.45, 2.75) is 17.0 Å². The zero-order chi connectivity index (χ0) is 17.7. The Balaban J connectivity index is 2.68. The fourth-order valence-corrected chi connectivity index (χ4v) is 4.30. The van der Waals surface area contributed by atoms with Gasteiger partial charge in [0.25, 0.3) is 0 Å². The first-order valence-corrected chi connectivity index (χ1v) is 10.8. The minimum atomic E-state index is -5.73. The largest absolute Gasteiger partial charge is 0.776 e. The van der Waals surface area contributed by atoms with E-state index < -0.39 is 32.2 Å². The maximum Gasteiger partial charge on any atom is 0.192 e. The number of anilines is 1. The zero-order valence-corrected chi connectivity index (χ0v) is 14.8. The average molecular weight is 384 g/mol. The highest BCUT2D eigenvalue weighted by Gasteiger charge is 2.46. The van der Waals surface area contributed by atoms with Gasteiger partial charge in [0.05, 0.1) is 0 Å². The van der Waals surface area contributed by atoms with Gasteiger partial charge in [-0.15, -0.1) is 11.8 Å². The van der Waals surface area contributed by atoms with E-state index in [1.54, 1.807) is 30.5 Å². The van der Waals surface area contributed by atoms with E-state index in [0.29, 0.717) is 0 Å². The SMILES string of the molecule is CSC(NCCC(O)(P(=O)([O-])O)P(=O)([O-])O)Nc1ccccc1. The van der Waals surface area contributed by atoms with Crippen LogP contribution in [-0.2, 0) is 9.13 Å². The van der Waals surface area contributed by atoms with Crippen LogP contribution in [0.4, 0.5) is 5.69 Å². The van der Waals surface area contributed by atoms with E-state index in [-0.39, 0.29) is 6.54 Å². The van der Waals surface area contributed by atoms with Crippen molar-refractivity contribution in [3.05, 3.63) is 30.3 Å². The second-order valence-electron chi connectivity index (χ2n) is 4.65. The van der Waals surface area contributed by atoms with E-state index >= 15 is 0 Å². The molecule has 12 heteroatoms. The van der Waals surface area contributed by atoms with Gasteiger partial charge in [0.1, 0.15) is 5.50 Å². The lowest BCUT2D eigenvalue weighted by molar-refractivity contribution is -0.226. The maximum absolute atomic E-state index is 11.1. The van der Waals surface area contributed by atoms with Crippen LogP contribution in [0, 0.1) is 0 Å². The highest BCUT2D eigenvalue weighted by molar-refractivity contribution is 7.99. The van der Waals surface area contributed by atoms with Crippen LogP contribution in [-0.4, -0.2) is 38.3 Å². The van der Waals surface area contributed by atoms with Crippen LogP contribution in [0.15, 0.2) is 30.3 Å². The standard InChI is InChI=1S/C11H20N2O7P2S/c1-23-10(13-9-5-3-2-4-6-9)12-8-7-11(14,21(15,16)17)22(18,19)20/h2-6,10,12-14H,7-8H2,1H3,(H2,15,16,17)(H2,18,19,20)/p-2. The van der Waals surface area contributed by atoms with Crippen molar-refractivity contribution < 1.29 is 33.8 Å². The molecule has 23 heavy (non-hydrogen) atoms. The Morgan fingerprint density at radius 3 is 2.17 bits per heavy atom. The minimum Gasteiger partial charge on any atom is -0.776 e. The molecular formula is C11H18N2O7P2S-2. The van der Waals surface area contributed by atoms with Crippen molar-refractivity contribution in [1.29, 1.82) is 0 Å². The monoisotopic (exact) mass is 384 g/mol. The van der Waals surface area contributed by atoms with E-state index in [1.807, 2.05) is 6.07 Å². The van der Waals surface area contributed by atoms with Crippen molar-refractivity contribution in [3.63, 3.8) is 0 Å². The highest BCUT2D eigenvalue weighted by Crippen LogP contribution is 2.64. The number of aliphatic hydroxyl groups is 1. The summed E-state index contributed by atoms with van der Waals surface area (Å²) in [5.74, 6) is 0. The number of hydrogen-bond acceptors (Lipinski definition) is 8. The number of benzene rings is 1. The summed E-state index contributed by atoms with van der Waals surface area (Å²) < 4.78 is 22.2. The Hall–Kier alpha value is -0.410. The Labute approximate surface area is 137 Å². The molecule has 0 aliphatic heterocycles. The van der Waals surface area contributed by atoms with Gasteiger partial charge in [-0.3, -0.25) is 5.32 Å². The van der Waals surface area contributed by atoms with Crippen molar-refractivity contribution in [1.82, 2.24) is 5.32 Å². The molecule has 0 aliphatic rings. The van der Waals surface area contributed by atoms with E-state index in [1.165, 1.54) is 11.8 Å². The van der Waals surface area contributed by atoms with E-state index in [2.05, 4.69) is 10.6 Å². The van der Waals surface area contributed by atoms with Gasteiger partial charge < -0.3 is 39.1 Å². The molecule has 0 amide bonds. The number of nitrogens with one attached hydrogen (secondary N) is 2. The molecule has 1 rings (SSSR count). The Morgan fingerprint density at radius 2 is 1.74 bits per heavy atom. The molecule has 1 aromatic carbocycles. The topological polar surface area (TPSA) is 165 Å². The smallest absolute Gasteiger partial charge is 0.192 e. The van der Waals surface area contributed by atoms with E-state index in [4.69, 9.17) is 9.79 Å². The summed E-state index contributed by atoms with van der Waals surface area (Å²) in [4.78, 5) is 40.0. The molecule has 0 radical (unpaired) electrons. The molecule has 0 saturated heterocycles. The number of rotatable bonds is 9. The predicted octanol–water partition coefficient (Wildman–Crippen LogP) is -0.538. The number of hydrogen-bond donors (Lipinski definition) is 5. The van der Waals surface area contributed by atoms with Crippen LogP contribution >= 0.6 is 27.0 Å². The van der Waals surface area contributed by atoms with Crippen LogP contribution in [0.5, 0.6) is 0 Å². The first-order chi connectivity index (χ1) is 10.5. The van der Waals surface area contributed by atoms with Crippen LogP contribution in [0.2, 0.25) is 0 Å². The fraction of sp³-hybridized carbons (Fsp3) is 0.455. The summed E-state index contributed by atoms with van der Waals surface area (Å²) in [6.07, 6.45) is 0.809. The van der Waals surface area contributed by atoms with Gasteiger partial charge in [0, 0.05) is 18.7 Å². The van der Waals surface area contributed by atoms with E-state index in [9.17, 15) is 24.0 Å². The summed E-state index contributed by atoms with van der Waals surface area (Å²) in [6.45, 7) is -0.304. The van der Waals surface area contributed by atoms with Gasteiger partial charge in [0.2, 0.25) is 0 Å². The summed E-state index contributed by atoms with van der Waals surface area (Å²) in [5, 5.41) is 11.8. The van der Waals surface area contributed by atoms with Crippen molar-refractivity contribution >= 4 is 32.6 Å². The molecule has 0 heterocycles. The van der Waals surface area contributed by atoms with Crippen molar-refractivity contribution in [2.24, 2.45) is 0 Å². The minimum absolute atomic E-state index is 0.304. The summed E-state index contributed by atoms with van der Waals surface area (Å²) in [6, 6.07) is 9.02. The Morgan fingerprint density at radius 1 is 1.22 bits per heavy atom. The van der Waals surface area contributed by atoms with Crippen LogP contribution in [0.1, 0.15) is 6.42 Å². The average Bonchev–Trinajstić information content (AvgIpc) is 2.44. The van der Waals surface area contributed by atoms with Crippen LogP contribution < -0.4 is 20.4 Å². The molecule has 0 spiro atoms. The zero-order valence-electron chi connectivity index (χ0n) is 12.2. The molecule has 9 nitrogen and oxygen atoms in total. The van der Waals surface area contributed by atoms with Gasteiger partial charge in [-0.05, 0) is 18.4 Å². The molecule has 3 atom stereocenters. The van der Waals surface area contributed by atoms with Gasteiger partial charge in [-0.25, -0.2) is 0 Å². The van der Waals surface area contributed by atoms with Gasteiger partial charge in [-0.1, -0.05) is 18.2 Å². The molecule has 0 aliphatic carbocycles. The second-order valence-corrected chi connectivity index (χ2v) is 9.50. The fourth-order valence-electron chi connectivity index (χ4n) is 1.69. The summed E-state index contributed by atoms with van der Waals surface area (Å²) >= 11 is 1.31. The van der Waals surface area contributed by atoms with Gasteiger partial charge in [0.15, 0.2) is 20.3 Å². The van der Waals surface area contributed by atoms with Crippen molar-refractivity contribution in [3.8, 4) is 0 Å². The third-order valence-corrected chi connectivity index (χ3v) is 7.53. The second kappa shape index (κ2) is 8.11. The number of para-hydroxylation sites is 1. The normalized spacial score (nSPS) is 20.8. The first kappa shape index (κ1) is 20.6. The lowest BCUT2D eigenvalue weighted by atomic mass is 10.3. The third-order valence-electron chi connectivity index (χ3n) is 3.00. The third kappa shape index (κ3) is 5.56. The van der Waals surface area contributed by atoms with Crippen molar-refractivity contribution in [2.75, 3.05) is 18.1 Å². The molecule has 0 fully saturated rings. The Bertz CT molecular complexity index is 569. The van der Waals surface area contributed by atoms with Gasteiger partial charge in [-0.2, -0.15) is 0 Å². The quantitative estimate of drug-likeness (QED) is 0.276. The number of thioether (sulfide) groups is 1. The summed E-state index contributed by atoms with van der Waals surface area (Å²) in [5.41, 5.74) is 0.346. The Kier molecular flexibility index (Phi) is 7.28. The predicted molar refractivity (Wildman–Crippen MR) is 84.6 cm³/mol. The molecule has 132 valence electrons.